The normalized spacial score (nSPS) is 11.5. The third kappa shape index (κ3) is 3.57. The minimum Gasteiger partial charge on any atom is -0.494 e. The van der Waals surface area contributed by atoms with Gasteiger partial charge in [0.15, 0.2) is 5.65 Å². The summed E-state index contributed by atoms with van der Waals surface area (Å²) in [6.07, 6.45) is -2.02. The summed E-state index contributed by atoms with van der Waals surface area (Å²) in [7, 11) is 1.39. The second kappa shape index (κ2) is 7.84. The van der Waals surface area contributed by atoms with E-state index in [0.717, 1.165) is 0 Å². The van der Waals surface area contributed by atoms with Gasteiger partial charge in [0.05, 0.1) is 24.6 Å². The number of methoxy groups -OCH3 is 1. The van der Waals surface area contributed by atoms with Crippen molar-refractivity contribution in [3.63, 3.8) is 0 Å². The fourth-order valence-corrected chi connectivity index (χ4v) is 3.36. The van der Waals surface area contributed by atoms with Crippen LogP contribution < -0.4 is 15.6 Å². The number of hydrogen-bond acceptors (Lipinski definition) is 5. The summed E-state index contributed by atoms with van der Waals surface area (Å²) in [5.41, 5.74) is -2.65. The summed E-state index contributed by atoms with van der Waals surface area (Å²) < 4.78 is 47.0. The zero-order chi connectivity index (χ0) is 23.0. The molecule has 3 heterocycles. The standard InChI is InChI=1S/C21H16F3N5O3/c1-11-15(19(30)27-13-10-25-9-8-14(13)32-2)20(31)29-18(26-11)16(12-6-4-3-5-7-12)17(28-29)21(22,23)24/h3-10,28H,1-2H3,(H,27,30). The van der Waals surface area contributed by atoms with E-state index in [1.807, 2.05) is 0 Å². The molecule has 3 aromatic heterocycles. The molecule has 164 valence electrons. The number of carbonyl (C=O) groups excluding carboxylic acids is 1. The summed E-state index contributed by atoms with van der Waals surface area (Å²) in [4.78, 5) is 34.0. The van der Waals surface area contributed by atoms with E-state index in [1.54, 1.807) is 18.2 Å². The Kier molecular flexibility index (Phi) is 5.17. The highest BCUT2D eigenvalue weighted by Crippen LogP contribution is 2.38. The molecule has 0 atom stereocenters. The van der Waals surface area contributed by atoms with Crippen LogP contribution in [0, 0.1) is 6.92 Å². The van der Waals surface area contributed by atoms with Crippen molar-refractivity contribution >= 4 is 17.2 Å². The molecule has 0 saturated heterocycles. The Labute approximate surface area is 178 Å². The van der Waals surface area contributed by atoms with E-state index in [4.69, 9.17) is 4.74 Å². The van der Waals surface area contributed by atoms with Crippen molar-refractivity contribution in [2.45, 2.75) is 13.1 Å². The third-order valence-electron chi connectivity index (χ3n) is 4.78. The van der Waals surface area contributed by atoms with Crippen LogP contribution in [-0.2, 0) is 6.18 Å². The Morgan fingerprint density at radius 3 is 2.56 bits per heavy atom. The van der Waals surface area contributed by atoms with Gasteiger partial charge in [-0.25, -0.2) is 4.98 Å². The minimum atomic E-state index is -4.79. The lowest BCUT2D eigenvalue weighted by Gasteiger charge is -2.10. The number of H-pyrrole nitrogens is 1. The van der Waals surface area contributed by atoms with E-state index in [1.165, 1.54) is 44.6 Å². The number of benzene rings is 1. The monoisotopic (exact) mass is 443 g/mol. The van der Waals surface area contributed by atoms with Gasteiger partial charge in [0.1, 0.15) is 22.7 Å². The van der Waals surface area contributed by atoms with Crippen LogP contribution in [0.1, 0.15) is 21.7 Å². The SMILES string of the molecule is COc1ccncc1NC(=O)c1c(C)nc2c(-c3ccccc3)c(C(F)(F)F)[nH]n2c1=O. The number of ether oxygens (including phenoxy) is 1. The topological polar surface area (TPSA) is 101 Å². The van der Waals surface area contributed by atoms with Gasteiger partial charge < -0.3 is 10.1 Å². The van der Waals surface area contributed by atoms with Crippen LogP contribution in [0.4, 0.5) is 18.9 Å². The Bertz CT molecular complexity index is 1380. The maximum atomic E-state index is 13.8. The van der Waals surface area contributed by atoms with Crippen LogP contribution in [0.25, 0.3) is 16.8 Å². The summed E-state index contributed by atoms with van der Waals surface area (Å²) in [5.74, 6) is -0.559. The molecular weight excluding hydrogens is 427 g/mol. The van der Waals surface area contributed by atoms with Crippen LogP contribution in [0.2, 0.25) is 0 Å². The van der Waals surface area contributed by atoms with Gasteiger partial charge in [-0.05, 0) is 12.5 Å². The van der Waals surface area contributed by atoms with Crippen molar-refractivity contribution in [2.75, 3.05) is 12.4 Å². The van der Waals surface area contributed by atoms with Crippen molar-refractivity contribution in [1.82, 2.24) is 19.6 Å². The number of aromatic amines is 1. The molecule has 1 amide bonds. The maximum absolute atomic E-state index is 13.8. The van der Waals surface area contributed by atoms with E-state index in [0.29, 0.717) is 10.3 Å². The molecule has 0 saturated carbocycles. The molecule has 1 aromatic carbocycles. The first-order chi connectivity index (χ1) is 15.2. The number of anilines is 1. The molecule has 2 N–H and O–H groups in total. The number of aryl methyl sites for hydroxylation is 1. The van der Waals surface area contributed by atoms with Gasteiger partial charge in [-0.3, -0.25) is 19.7 Å². The maximum Gasteiger partial charge on any atom is 0.433 e. The third-order valence-corrected chi connectivity index (χ3v) is 4.78. The van der Waals surface area contributed by atoms with Crippen molar-refractivity contribution in [3.8, 4) is 16.9 Å². The smallest absolute Gasteiger partial charge is 0.433 e. The number of hydrogen-bond donors (Lipinski definition) is 2. The summed E-state index contributed by atoms with van der Waals surface area (Å²) >= 11 is 0. The number of nitrogens with one attached hydrogen (secondary N) is 2. The number of halogens is 3. The average Bonchev–Trinajstić information content (AvgIpc) is 3.15. The molecule has 0 aliphatic heterocycles. The van der Waals surface area contributed by atoms with Gasteiger partial charge in [0.2, 0.25) is 0 Å². The van der Waals surface area contributed by atoms with Crippen molar-refractivity contribution in [2.24, 2.45) is 0 Å². The number of fused-ring (bicyclic) bond motifs is 1. The van der Waals surface area contributed by atoms with Gasteiger partial charge in [-0.15, -0.1) is 0 Å². The fraction of sp³-hybridized carbons (Fsp3) is 0.143. The lowest BCUT2D eigenvalue weighted by molar-refractivity contribution is -0.140. The number of carbonyl (C=O) groups is 1. The predicted molar refractivity (Wildman–Crippen MR) is 110 cm³/mol. The van der Waals surface area contributed by atoms with Crippen LogP contribution in [0.5, 0.6) is 5.75 Å². The van der Waals surface area contributed by atoms with E-state index < -0.39 is 28.9 Å². The minimum absolute atomic E-state index is 0.0275. The predicted octanol–water partition coefficient (Wildman–Crippen LogP) is 3.67. The molecule has 0 spiro atoms. The van der Waals surface area contributed by atoms with Crippen LogP contribution in [0.3, 0.4) is 0 Å². The van der Waals surface area contributed by atoms with E-state index in [9.17, 15) is 22.8 Å². The number of pyridine rings is 1. The van der Waals surface area contributed by atoms with Crippen LogP contribution in [0.15, 0.2) is 53.6 Å². The molecule has 0 aliphatic rings. The molecule has 4 aromatic rings. The summed E-state index contributed by atoms with van der Waals surface area (Å²) in [5, 5.41) is 4.57. The van der Waals surface area contributed by atoms with Gasteiger partial charge in [-0.2, -0.15) is 17.7 Å². The van der Waals surface area contributed by atoms with Gasteiger partial charge in [0.25, 0.3) is 11.5 Å². The van der Waals surface area contributed by atoms with E-state index in [-0.39, 0.29) is 28.2 Å². The van der Waals surface area contributed by atoms with Crippen molar-refractivity contribution < 1.29 is 22.7 Å². The summed E-state index contributed by atoms with van der Waals surface area (Å²) in [6, 6.07) is 9.28. The Balaban J connectivity index is 1.91. The first-order valence-corrected chi connectivity index (χ1v) is 9.29. The molecule has 0 unspecified atom stereocenters. The average molecular weight is 443 g/mol. The zero-order valence-corrected chi connectivity index (χ0v) is 16.8. The molecule has 8 nitrogen and oxygen atoms in total. The second-order valence-electron chi connectivity index (χ2n) is 6.79. The Morgan fingerprint density at radius 1 is 1.19 bits per heavy atom. The van der Waals surface area contributed by atoms with E-state index in [2.05, 4.69) is 20.4 Å². The molecule has 0 aliphatic carbocycles. The van der Waals surface area contributed by atoms with E-state index >= 15 is 0 Å². The highest BCUT2D eigenvalue weighted by atomic mass is 19.4. The Hall–Kier alpha value is -4.15. The Morgan fingerprint density at radius 2 is 1.91 bits per heavy atom. The van der Waals surface area contributed by atoms with Crippen LogP contribution in [-0.4, -0.2) is 32.6 Å². The summed E-state index contributed by atoms with van der Waals surface area (Å²) in [6.45, 7) is 1.38. The highest BCUT2D eigenvalue weighted by molar-refractivity contribution is 6.05. The lowest BCUT2D eigenvalue weighted by atomic mass is 10.1. The second-order valence-corrected chi connectivity index (χ2v) is 6.79. The van der Waals surface area contributed by atoms with Crippen molar-refractivity contribution in [3.05, 3.63) is 76.1 Å². The molecule has 4 rings (SSSR count). The number of alkyl halides is 3. The number of rotatable bonds is 4. The molecule has 0 radical (unpaired) electrons. The molecule has 32 heavy (non-hydrogen) atoms. The molecule has 0 bridgehead atoms. The molecular formula is C21H16F3N5O3. The number of nitrogens with zero attached hydrogens (tertiary/aromatic N) is 3. The van der Waals surface area contributed by atoms with Gasteiger partial charge in [0, 0.05) is 12.3 Å². The number of amides is 1. The van der Waals surface area contributed by atoms with Crippen LogP contribution >= 0.6 is 0 Å². The first-order valence-electron chi connectivity index (χ1n) is 9.29. The first kappa shape index (κ1) is 21.1. The fourth-order valence-electron chi connectivity index (χ4n) is 3.36. The molecule has 0 fully saturated rings. The van der Waals surface area contributed by atoms with Gasteiger partial charge in [-0.1, -0.05) is 30.3 Å². The van der Waals surface area contributed by atoms with Crippen molar-refractivity contribution in [1.29, 1.82) is 0 Å². The largest absolute Gasteiger partial charge is 0.494 e. The number of aromatic nitrogens is 4. The highest BCUT2D eigenvalue weighted by Gasteiger charge is 2.38. The van der Waals surface area contributed by atoms with Gasteiger partial charge >= 0.3 is 6.18 Å². The molecule has 11 heteroatoms. The quantitative estimate of drug-likeness (QED) is 0.501. The lowest BCUT2D eigenvalue weighted by Crippen LogP contribution is -2.29. The zero-order valence-electron chi connectivity index (χ0n) is 16.8.